The molecule has 0 spiro atoms. The Morgan fingerprint density at radius 3 is 2.50 bits per heavy atom. The standard InChI is InChI=1S/C14H20Cl2N2OS/c1-14(2,3)20(4,5)19-9-7-6-8-11-10-17-13(16)18-12(11)15/h10H,7,9H2,1-5H3. The largest absolute Gasteiger partial charge is 0.336 e. The van der Waals surface area contributed by atoms with E-state index in [1.54, 1.807) is 0 Å². The topological polar surface area (TPSA) is 35.0 Å². The first-order chi connectivity index (χ1) is 9.13. The van der Waals surface area contributed by atoms with E-state index in [-0.39, 0.29) is 15.2 Å². The lowest BCUT2D eigenvalue weighted by atomic mass is 10.3. The highest BCUT2D eigenvalue weighted by Gasteiger charge is 2.28. The second-order valence-corrected chi connectivity index (χ2v) is 10.2. The predicted molar refractivity (Wildman–Crippen MR) is 88.7 cm³/mol. The van der Waals surface area contributed by atoms with Crippen molar-refractivity contribution in [3.63, 3.8) is 0 Å². The zero-order chi connectivity index (χ0) is 15.4. The summed E-state index contributed by atoms with van der Waals surface area (Å²) in [6.45, 7) is 7.19. The van der Waals surface area contributed by atoms with Gasteiger partial charge in [0, 0.05) is 17.4 Å². The van der Waals surface area contributed by atoms with E-state index >= 15 is 0 Å². The first-order valence-electron chi connectivity index (χ1n) is 6.18. The van der Waals surface area contributed by atoms with E-state index in [0.29, 0.717) is 18.6 Å². The average molecular weight is 335 g/mol. The van der Waals surface area contributed by atoms with Crippen molar-refractivity contribution >= 4 is 33.5 Å². The predicted octanol–water partition coefficient (Wildman–Crippen LogP) is 4.32. The molecule has 0 aromatic carbocycles. The van der Waals surface area contributed by atoms with Gasteiger partial charge in [-0.2, -0.15) is 0 Å². The minimum absolute atomic E-state index is 0.124. The molecule has 1 heterocycles. The van der Waals surface area contributed by atoms with Crippen LogP contribution in [0, 0.1) is 11.8 Å². The quantitative estimate of drug-likeness (QED) is 0.357. The highest BCUT2D eigenvalue weighted by molar-refractivity contribution is 8.29. The summed E-state index contributed by atoms with van der Waals surface area (Å²) >= 11 is 11.5. The summed E-state index contributed by atoms with van der Waals surface area (Å²) in [5.41, 5.74) is 0.582. The third-order valence-electron chi connectivity index (χ3n) is 3.02. The molecule has 0 unspecified atom stereocenters. The van der Waals surface area contributed by atoms with Crippen LogP contribution in [0.2, 0.25) is 10.4 Å². The van der Waals surface area contributed by atoms with Gasteiger partial charge in [0.15, 0.2) is 0 Å². The summed E-state index contributed by atoms with van der Waals surface area (Å²) in [5.74, 6) is 5.95. The zero-order valence-corrected chi connectivity index (χ0v) is 14.8. The van der Waals surface area contributed by atoms with Crippen molar-refractivity contribution < 1.29 is 4.18 Å². The Balaban J connectivity index is 2.52. The molecule has 0 atom stereocenters. The molecule has 0 amide bonds. The maximum atomic E-state index is 5.98. The Labute approximate surface area is 133 Å². The van der Waals surface area contributed by atoms with Crippen molar-refractivity contribution in [3.05, 3.63) is 22.2 Å². The first kappa shape index (κ1) is 17.6. The van der Waals surface area contributed by atoms with Crippen LogP contribution in [-0.2, 0) is 4.18 Å². The maximum absolute atomic E-state index is 5.98. The second-order valence-electron chi connectivity index (χ2n) is 5.56. The van der Waals surface area contributed by atoms with E-state index in [0.717, 1.165) is 0 Å². The second kappa shape index (κ2) is 7.00. The van der Waals surface area contributed by atoms with Crippen molar-refractivity contribution in [2.24, 2.45) is 0 Å². The van der Waals surface area contributed by atoms with E-state index in [2.05, 4.69) is 55.1 Å². The fraction of sp³-hybridized carbons (Fsp3) is 0.571. The normalized spacial score (nSPS) is 12.8. The van der Waals surface area contributed by atoms with Gasteiger partial charge in [0.2, 0.25) is 5.28 Å². The molecule has 0 saturated carbocycles. The minimum atomic E-state index is -1.09. The maximum Gasteiger partial charge on any atom is 0.223 e. The van der Waals surface area contributed by atoms with Crippen molar-refractivity contribution in [1.82, 2.24) is 9.97 Å². The lowest BCUT2D eigenvalue weighted by Gasteiger charge is -2.43. The van der Waals surface area contributed by atoms with Gasteiger partial charge < -0.3 is 4.18 Å². The molecule has 1 rings (SSSR count). The fourth-order valence-corrected chi connectivity index (χ4v) is 2.27. The monoisotopic (exact) mass is 334 g/mol. The van der Waals surface area contributed by atoms with Crippen LogP contribution in [0.25, 0.3) is 0 Å². The molecule has 1 aromatic heterocycles. The highest BCUT2D eigenvalue weighted by atomic mass is 35.5. The van der Waals surface area contributed by atoms with Gasteiger partial charge in [-0.1, -0.05) is 44.2 Å². The molecule has 0 aliphatic rings. The van der Waals surface area contributed by atoms with Crippen LogP contribution in [0.4, 0.5) is 0 Å². The van der Waals surface area contributed by atoms with E-state index < -0.39 is 10.3 Å². The Morgan fingerprint density at radius 2 is 1.95 bits per heavy atom. The molecule has 0 aliphatic carbocycles. The first-order valence-corrected chi connectivity index (χ1v) is 9.31. The summed E-state index contributed by atoms with van der Waals surface area (Å²) in [5, 5.41) is 0.401. The molecule has 0 aliphatic heterocycles. The van der Waals surface area contributed by atoms with Crippen LogP contribution in [0.3, 0.4) is 0 Å². The van der Waals surface area contributed by atoms with Gasteiger partial charge in [0.25, 0.3) is 0 Å². The van der Waals surface area contributed by atoms with Gasteiger partial charge in [-0.05, 0) is 24.1 Å². The van der Waals surface area contributed by atoms with E-state index in [1.165, 1.54) is 6.20 Å². The molecule has 6 heteroatoms. The lowest BCUT2D eigenvalue weighted by Crippen LogP contribution is -2.25. The molecule has 20 heavy (non-hydrogen) atoms. The van der Waals surface area contributed by atoms with Crippen LogP contribution >= 0.6 is 33.5 Å². The van der Waals surface area contributed by atoms with E-state index in [1.807, 2.05) is 0 Å². The average Bonchev–Trinajstić information content (AvgIpc) is 2.29. The Morgan fingerprint density at radius 1 is 1.30 bits per heavy atom. The van der Waals surface area contributed by atoms with Crippen LogP contribution in [0.15, 0.2) is 6.20 Å². The van der Waals surface area contributed by atoms with Crippen molar-refractivity contribution in [2.45, 2.75) is 31.9 Å². The Bertz CT molecular complexity index is 530. The number of aromatic nitrogens is 2. The molecular weight excluding hydrogens is 315 g/mol. The van der Waals surface area contributed by atoms with Gasteiger partial charge >= 0.3 is 0 Å². The van der Waals surface area contributed by atoms with Crippen LogP contribution in [0.1, 0.15) is 32.8 Å². The van der Waals surface area contributed by atoms with Crippen LogP contribution < -0.4 is 0 Å². The van der Waals surface area contributed by atoms with Gasteiger partial charge in [-0.15, -0.1) is 10.3 Å². The number of rotatable bonds is 3. The smallest absolute Gasteiger partial charge is 0.223 e. The molecule has 3 nitrogen and oxygen atoms in total. The summed E-state index contributed by atoms with van der Waals surface area (Å²) in [6, 6.07) is 0. The Hall–Kier alpha value is -0.470. The van der Waals surface area contributed by atoms with Gasteiger partial charge in [0.05, 0.1) is 12.2 Å². The van der Waals surface area contributed by atoms with E-state index in [4.69, 9.17) is 27.4 Å². The fourth-order valence-electron chi connectivity index (χ4n) is 1.06. The molecule has 0 bridgehead atoms. The number of hydrogen-bond donors (Lipinski definition) is 0. The van der Waals surface area contributed by atoms with Gasteiger partial charge in [-0.3, -0.25) is 0 Å². The third-order valence-corrected chi connectivity index (χ3v) is 7.19. The van der Waals surface area contributed by atoms with Crippen molar-refractivity contribution in [1.29, 1.82) is 0 Å². The summed E-state index contributed by atoms with van der Waals surface area (Å²) in [4.78, 5) is 7.68. The molecule has 0 radical (unpaired) electrons. The molecule has 112 valence electrons. The number of hydrogen-bond acceptors (Lipinski definition) is 3. The lowest BCUT2D eigenvalue weighted by molar-refractivity contribution is 0.360. The Kier molecular flexibility index (Phi) is 6.15. The number of nitrogens with zero attached hydrogens (tertiary/aromatic N) is 2. The van der Waals surface area contributed by atoms with Gasteiger partial charge in [0.1, 0.15) is 5.15 Å². The summed E-state index contributed by atoms with van der Waals surface area (Å²) in [6.07, 6.45) is 6.51. The van der Waals surface area contributed by atoms with Crippen LogP contribution in [-0.4, -0.2) is 33.8 Å². The zero-order valence-electron chi connectivity index (χ0n) is 12.5. The number of halogens is 2. The van der Waals surface area contributed by atoms with Gasteiger partial charge in [-0.25, -0.2) is 9.97 Å². The molecule has 0 N–H and O–H groups in total. The summed E-state index contributed by atoms with van der Waals surface area (Å²) < 4.78 is 6.14. The SMILES string of the molecule is CC(C)(C)S(C)(C)OCCC#Cc1cnc(Cl)nc1Cl. The molecular formula is C14H20Cl2N2OS. The van der Waals surface area contributed by atoms with E-state index in [9.17, 15) is 0 Å². The molecule has 0 fully saturated rings. The molecule has 0 saturated heterocycles. The molecule has 1 aromatic rings. The van der Waals surface area contributed by atoms with Crippen molar-refractivity contribution in [3.8, 4) is 11.8 Å². The highest BCUT2D eigenvalue weighted by Crippen LogP contribution is 2.53. The van der Waals surface area contributed by atoms with Crippen LogP contribution in [0.5, 0.6) is 0 Å². The third kappa shape index (κ3) is 5.14. The van der Waals surface area contributed by atoms with Crippen molar-refractivity contribution in [2.75, 3.05) is 19.1 Å². The minimum Gasteiger partial charge on any atom is -0.336 e. The summed E-state index contributed by atoms with van der Waals surface area (Å²) in [7, 11) is -1.09.